The number of H-pyrrole nitrogens is 1. The first kappa shape index (κ1) is 27.8. The number of nitrogens with zero attached hydrogens (tertiary/aromatic N) is 5. The maximum absolute atomic E-state index is 13.7. The lowest BCUT2D eigenvalue weighted by molar-refractivity contribution is -0.0222. The second-order valence-electron chi connectivity index (χ2n) is 11.6. The molecule has 1 spiro atoms. The number of aromatic nitrogens is 4. The summed E-state index contributed by atoms with van der Waals surface area (Å²) < 4.78 is 54.7. The molecule has 2 aromatic heterocycles. The number of aryl methyl sites for hydroxylation is 1. The first-order valence-corrected chi connectivity index (χ1v) is 15.7. The van der Waals surface area contributed by atoms with Crippen LogP contribution in [0.25, 0.3) is 22.6 Å². The number of halogens is 2. The van der Waals surface area contributed by atoms with E-state index in [0.29, 0.717) is 34.1 Å². The predicted octanol–water partition coefficient (Wildman–Crippen LogP) is 4.19. The van der Waals surface area contributed by atoms with Gasteiger partial charge >= 0.3 is 0 Å². The number of aliphatic hydroxyl groups excluding tert-OH is 1. The maximum Gasteiger partial charge on any atom is 0.251 e. The van der Waals surface area contributed by atoms with Crippen LogP contribution in [0.15, 0.2) is 30.3 Å². The highest BCUT2D eigenvalue weighted by Gasteiger charge is 2.44. The number of rotatable bonds is 8. The van der Waals surface area contributed by atoms with Gasteiger partial charge in [0.05, 0.1) is 35.1 Å². The van der Waals surface area contributed by atoms with E-state index in [1.165, 1.54) is 12.8 Å². The van der Waals surface area contributed by atoms with Crippen molar-refractivity contribution in [2.75, 3.05) is 53.1 Å². The van der Waals surface area contributed by atoms with Crippen LogP contribution in [-0.2, 0) is 10.0 Å². The van der Waals surface area contributed by atoms with E-state index >= 15 is 0 Å². The molecule has 6 rings (SSSR count). The number of anilines is 3. The fourth-order valence-electron chi connectivity index (χ4n) is 5.78. The molecule has 0 amide bonds. The Balaban J connectivity index is 1.30. The molecule has 2 aliphatic heterocycles. The van der Waals surface area contributed by atoms with Gasteiger partial charge in [-0.25, -0.2) is 27.2 Å². The van der Waals surface area contributed by atoms with Gasteiger partial charge in [0.2, 0.25) is 16.0 Å². The fourth-order valence-corrected chi connectivity index (χ4v) is 6.61. The molecule has 1 saturated carbocycles. The van der Waals surface area contributed by atoms with Gasteiger partial charge in [-0.15, -0.1) is 0 Å². The lowest BCUT2D eigenvalue weighted by Gasteiger charge is -2.35. The SMILES string of the molecule is Cc1cc(-c2cc(-c3ccc(NS(=O)(=O)CCO)cc3N3CCC4(CC3)CC4)n[nH]2)nc(N2CCC(F)(F)CC2)n1. The van der Waals surface area contributed by atoms with E-state index in [4.69, 9.17) is 5.11 Å². The standard InChI is InChI=1S/C28H35F2N7O3S/c1-19-16-23(32-26(31-19)37-12-8-28(29,30)9-13-37)24-18-22(33-34-24)21-3-2-20(35-41(39,40)15-14-38)17-25(21)36-10-6-27(4-5-27)7-11-36/h2-3,16-18,35,38H,4-15H2,1H3,(H,33,34). The van der Waals surface area contributed by atoms with E-state index in [2.05, 4.69) is 29.8 Å². The summed E-state index contributed by atoms with van der Waals surface area (Å²) in [5.41, 5.74) is 5.34. The van der Waals surface area contributed by atoms with Gasteiger partial charge in [-0.1, -0.05) is 0 Å². The van der Waals surface area contributed by atoms with Crippen LogP contribution >= 0.6 is 0 Å². The van der Waals surface area contributed by atoms with Gasteiger partial charge in [-0.2, -0.15) is 5.10 Å². The van der Waals surface area contributed by atoms with Crippen molar-refractivity contribution in [3.63, 3.8) is 0 Å². The molecule has 1 aromatic carbocycles. The largest absolute Gasteiger partial charge is 0.395 e. The van der Waals surface area contributed by atoms with Crippen LogP contribution in [0, 0.1) is 12.3 Å². The Morgan fingerprint density at radius 2 is 1.66 bits per heavy atom. The van der Waals surface area contributed by atoms with Crippen LogP contribution in [0.1, 0.15) is 44.2 Å². The van der Waals surface area contributed by atoms with Gasteiger partial charge in [0, 0.05) is 56.0 Å². The minimum Gasteiger partial charge on any atom is -0.395 e. The normalized spacial score (nSPS) is 19.9. The molecule has 3 aliphatic rings. The molecule has 41 heavy (non-hydrogen) atoms. The molecular weight excluding hydrogens is 552 g/mol. The summed E-state index contributed by atoms with van der Waals surface area (Å²) in [6.07, 6.45) is 4.31. The third-order valence-corrected chi connectivity index (χ3v) is 9.77. The Labute approximate surface area is 238 Å². The first-order valence-electron chi connectivity index (χ1n) is 14.1. The number of nitrogens with one attached hydrogen (secondary N) is 2. The molecule has 220 valence electrons. The summed E-state index contributed by atoms with van der Waals surface area (Å²) >= 11 is 0. The number of alkyl halides is 2. The number of hydrogen-bond donors (Lipinski definition) is 3. The van der Waals surface area contributed by atoms with Gasteiger partial charge in [0.1, 0.15) is 0 Å². The van der Waals surface area contributed by atoms with E-state index in [1.54, 1.807) is 11.0 Å². The predicted molar refractivity (Wildman–Crippen MR) is 154 cm³/mol. The van der Waals surface area contributed by atoms with Crippen molar-refractivity contribution in [2.24, 2.45) is 5.41 Å². The minimum absolute atomic E-state index is 0.193. The van der Waals surface area contributed by atoms with Gasteiger partial charge in [0.15, 0.2) is 0 Å². The summed E-state index contributed by atoms with van der Waals surface area (Å²) in [4.78, 5) is 13.3. The Morgan fingerprint density at radius 3 is 2.34 bits per heavy atom. The van der Waals surface area contributed by atoms with E-state index in [-0.39, 0.29) is 31.7 Å². The molecule has 0 bridgehead atoms. The minimum atomic E-state index is -3.67. The molecule has 3 fully saturated rings. The number of piperidine rings is 2. The van der Waals surface area contributed by atoms with Crippen molar-refractivity contribution in [2.45, 2.75) is 51.4 Å². The van der Waals surface area contributed by atoms with Crippen molar-refractivity contribution in [3.8, 4) is 22.6 Å². The van der Waals surface area contributed by atoms with Gasteiger partial charge in [-0.3, -0.25) is 9.82 Å². The second-order valence-corrected chi connectivity index (χ2v) is 13.4. The molecule has 4 heterocycles. The van der Waals surface area contributed by atoms with Gasteiger partial charge in [-0.05, 0) is 68.4 Å². The molecule has 13 heteroatoms. The fraction of sp³-hybridized carbons (Fsp3) is 0.536. The van der Waals surface area contributed by atoms with Crippen LogP contribution in [-0.4, -0.2) is 78.2 Å². The maximum atomic E-state index is 13.7. The quantitative estimate of drug-likeness (QED) is 0.358. The molecule has 0 atom stereocenters. The zero-order valence-corrected chi connectivity index (χ0v) is 23.9. The molecule has 0 radical (unpaired) electrons. The Bertz CT molecular complexity index is 1520. The summed E-state index contributed by atoms with van der Waals surface area (Å²) in [6, 6.07) is 9.13. The third-order valence-electron chi connectivity index (χ3n) is 8.50. The Hall–Kier alpha value is -3.32. The molecule has 2 saturated heterocycles. The monoisotopic (exact) mass is 587 g/mol. The van der Waals surface area contributed by atoms with Crippen molar-refractivity contribution in [1.82, 2.24) is 20.2 Å². The van der Waals surface area contributed by atoms with Crippen molar-refractivity contribution in [3.05, 3.63) is 36.0 Å². The molecule has 3 N–H and O–H groups in total. The number of aromatic amines is 1. The van der Waals surface area contributed by atoms with E-state index < -0.39 is 22.6 Å². The summed E-state index contributed by atoms with van der Waals surface area (Å²) in [7, 11) is -3.67. The van der Waals surface area contributed by atoms with Crippen LogP contribution < -0.4 is 14.5 Å². The summed E-state index contributed by atoms with van der Waals surface area (Å²) in [5, 5.41) is 16.8. The smallest absolute Gasteiger partial charge is 0.251 e. The van der Waals surface area contributed by atoms with Gasteiger partial charge < -0.3 is 14.9 Å². The second kappa shape index (κ2) is 10.5. The zero-order chi connectivity index (χ0) is 28.8. The van der Waals surface area contributed by atoms with E-state index in [9.17, 15) is 17.2 Å². The molecule has 0 unspecified atom stereocenters. The van der Waals surface area contributed by atoms with Crippen LogP contribution in [0.3, 0.4) is 0 Å². The van der Waals surface area contributed by atoms with Crippen LogP contribution in [0.2, 0.25) is 0 Å². The third kappa shape index (κ3) is 6.15. The first-order chi connectivity index (χ1) is 19.5. The zero-order valence-electron chi connectivity index (χ0n) is 23.0. The number of aliphatic hydroxyl groups is 1. The number of sulfonamides is 1. The van der Waals surface area contributed by atoms with Crippen molar-refractivity contribution >= 4 is 27.3 Å². The molecule has 1 aliphatic carbocycles. The Kier molecular flexibility index (Phi) is 7.13. The average molecular weight is 588 g/mol. The average Bonchev–Trinajstić information content (AvgIpc) is 3.48. The highest BCUT2D eigenvalue weighted by atomic mass is 32.2. The van der Waals surface area contributed by atoms with Crippen LogP contribution in [0.5, 0.6) is 0 Å². The summed E-state index contributed by atoms with van der Waals surface area (Å²) in [6.45, 7) is 3.53. The highest BCUT2D eigenvalue weighted by Crippen LogP contribution is 2.54. The van der Waals surface area contributed by atoms with Crippen molar-refractivity contribution < 1.29 is 22.3 Å². The topological polar surface area (TPSA) is 127 Å². The van der Waals surface area contributed by atoms with Crippen molar-refractivity contribution in [1.29, 1.82) is 0 Å². The molecular formula is C28H35F2N7O3S. The summed E-state index contributed by atoms with van der Waals surface area (Å²) in [5.74, 6) is -2.60. The Morgan fingerprint density at radius 1 is 0.951 bits per heavy atom. The van der Waals surface area contributed by atoms with Crippen LogP contribution in [0.4, 0.5) is 26.1 Å². The number of benzene rings is 1. The molecule has 10 nitrogen and oxygen atoms in total. The van der Waals surface area contributed by atoms with E-state index in [1.807, 2.05) is 31.2 Å². The highest BCUT2D eigenvalue weighted by molar-refractivity contribution is 7.92. The number of hydrogen-bond acceptors (Lipinski definition) is 8. The van der Waals surface area contributed by atoms with Gasteiger partial charge in [0.25, 0.3) is 5.92 Å². The lowest BCUT2D eigenvalue weighted by atomic mass is 9.92. The lowest BCUT2D eigenvalue weighted by Crippen LogP contribution is -2.40. The van der Waals surface area contributed by atoms with E-state index in [0.717, 1.165) is 42.9 Å². The molecule has 3 aromatic rings.